The van der Waals surface area contributed by atoms with Crippen LogP contribution in [0, 0.1) is 0 Å². The Morgan fingerprint density at radius 3 is 2.48 bits per heavy atom. The van der Waals surface area contributed by atoms with E-state index in [2.05, 4.69) is 5.32 Å². The summed E-state index contributed by atoms with van der Waals surface area (Å²) in [6, 6.07) is 7.53. The predicted octanol–water partition coefficient (Wildman–Crippen LogP) is 5.20. The quantitative estimate of drug-likeness (QED) is 0.750. The molecule has 0 radical (unpaired) electrons. The maximum absolute atomic E-state index is 13.3. The molecule has 0 aromatic heterocycles. The van der Waals surface area contributed by atoms with E-state index in [1.165, 1.54) is 12.1 Å². The van der Waals surface area contributed by atoms with E-state index in [-0.39, 0.29) is 18.0 Å². The Morgan fingerprint density at radius 1 is 1.11 bits per heavy atom. The fourth-order valence-corrected chi connectivity index (χ4v) is 3.77. The van der Waals surface area contributed by atoms with Gasteiger partial charge in [0.15, 0.2) is 11.5 Å². The minimum atomic E-state index is -4.39. The van der Waals surface area contributed by atoms with Crippen molar-refractivity contribution < 1.29 is 22.6 Å². The first-order valence-electron chi connectivity index (χ1n) is 8.67. The van der Waals surface area contributed by atoms with Gasteiger partial charge >= 0.3 is 6.18 Å². The highest BCUT2D eigenvalue weighted by molar-refractivity contribution is 6.30. The highest BCUT2D eigenvalue weighted by atomic mass is 35.5. The van der Waals surface area contributed by atoms with Crippen molar-refractivity contribution in [3.8, 4) is 11.5 Å². The van der Waals surface area contributed by atoms with Crippen molar-refractivity contribution in [2.75, 3.05) is 20.8 Å². The molecule has 1 aliphatic rings. The number of rotatable bonds is 5. The van der Waals surface area contributed by atoms with Crippen LogP contribution in [0.25, 0.3) is 0 Å². The van der Waals surface area contributed by atoms with Crippen LogP contribution in [0.4, 0.5) is 13.2 Å². The highest BCUT2D eigenvalue weighted by Crippen LogP contribution is 2.38. The van der Waals surface area contributed by atoms with Crippen LogP contribution in [0.5, 0.6) is 11.5 Å². The Hall–Kier alpha value is -1.92. The first-order chi connectivity index (χ1) is 12.8. The number of fused-ring (bicyclic) bond motifs is 1. The SMILES string of the molecule is COc1cc2c(cc1OC)[C@H](CCc1cc(Cl)ccc1C(F)(F)F)NCC2. The van der Waals surface area contributed by atoms with E-state index in [1.807, 2.05) is 12.1 Å². The number of hydrogen-bond acceptors (Lipinski definition) is 3. The standard InChI is InChI=1S/C20H21ClF3NO2/c1-26-18-10-12-7-8-25-17(15(12)11-19(18)27-2)6-3-13-9-14(21)4-5-16(13)20(22,23)24/h4-5,9-11,17,25H,3,6-8H2,1-2H3/t17-/m0/s1. The van der Waals surface area contributed by atoms with Crippen molar-refractivity contribution in [2.45, 2.75) is 31.5 Å². The van der Waals surface area contributed by atoms with Crippen molar-refractivity contribution in [2.24, 2.45) is 0 Å². The molecule has 0 fully saturated rings. The van der Waals surface area contributed by atoms with E-state index >= 15 is 0 Å². The molecule has 0 saturated heterocycles. The molecule has 0 amide bonds. The average Bonchev–Trinajstić information content (AvgIpc) is 2.64. The van der Waals surface area contributed by atoms with Gasteiger partial charge in [0.05, 0.1) is 19.8 Å². The molecule has 0 bridgehead atoms. The van der Waals surface area contributed by atoms with Crippen LogP contribution >= 0.6 is 11.6 Å². The molecule has 1 N–H and O–H groups in total. The molecular formula is C20H21ClF3NO2. The summed E-state index contributed by atoms with van der Waals surface area (Å²) in [7, 11) is 3.15. The van der Waals surface area contributed by atoms with E-state index in [4.69, 9.17) is 21.1 Å². The van der Waals surface area contributed by atoms with Crippen molar-refractivity contribution in [3.63, 3.8) is 0 Å². The Balaban J connectivity index is 1.86. The van der Waals surface area contributed by atoms with Gasteiger partial charge in [0.25, 0.3) is 0 Å². The molecule has 3 nitrogen and oxygen atoms in total. The second-order valence-electron chi connectivity index (χ2n) is 6.50. The smallest absolute Gasteiger partial charge is 0.416 e. The highest BCUT2D eigenvalue weighted by Gasteiger charge is 2.33. The Kier molecular flexibility index (Phi) is 5.86. The zero-order chi connectivity index (χ0) is 19.6. The molecule has 7 heteroatoms. The summed E-state index contributed by atoms with van der Waals surface area (Å²) >= 11 is 5.93. The van der Waals surface area contributed by atoms with E-state index in [0.29, 0.717) is 22.9 Å². The molecule has 1 atom stereocenters. The van der Waals surface area contributed by atoms with E-state index in [0.717, 1.165) is 30.2 Å². The van der Waals surface area contributed by atoms with Gasteiger partial charge in [-0.1, -0.05) is 11.6 Å². The summed E-state index contributed by atoms with van der Waals surface area (Å²) in [6.45, 7) is 0.759. The number of alkyl halides is 3. The van der Waals surface area contributed by atoms with Crippen LogP contribution in [-0.2, 0) is 19.0 Å². The van der Waals surface area contributed by atoms with Crippen molar-refractivity contribution in [1.82, 2.24) is 5.32 Å². The average molecular weight is 400 g/mol. The lowest BCUT2D eigenvalue weighted by Gasteiger charge is -2.28. The van der Waals surface area contributed by atoms with Gasteiger partial charge in [-0.25, -0.2) is 0 Å². The molecule has 1 heterocycles. The molecule has 2 aromatic carbocycles. The number of halogens is 4. The van der Waals surface area contributed by atoms with Gasteiger partial charge in [-0.3, -0.25) is 0 Å². The maximum Gasteiger partial charge on any atom is 0.416 e. The van der Waals surface area contributed by atoms with Gasteiger partial charge in [0.2, 0.25) is 0 Å². The van der Waals surface area contributed by atoms with Gasteiger partial charge in [-0.2, -0.15) is 13.2 Å². The van der Waals surface area contributed by atoms with Crippen molar-refractivity contribution >= 4 is 11.6 Å². The molecule has 3 rings (SSSR count). The zero-order valence-corrected chi connectivity index (χ0v) is 15.9. The monoisotopic (exact) mass is 399 g/mol. The Morgan fingerprint density at radius 2 is 1.81 bits per heavy atom. The normalized spacial score (nSPS) is 16.7. The fraction of sp³-hybridized carbons (Fsp3) is 0.400. The van der Waals surface area contributed by atoms with Crippen LogP contribution in [0.3, 0.4) is 0 Å². The molecule has 0 aliphatic carbocycles. The lowest BCUT2D eigenvalue weighted by Crippen LogP contribution is -2.30. The molecule has 146 valence electrons. The second-order valence-corrected chi connectivity index (χ2v) is 6.94. The summed E-state index contributed by atoms with van der Waals surface area (Å²) in [5.41, 5.74) is 1.74. The number of nitrogens with one attached hydrogen (secondary N) is 1. The van der Waals surface area contributed by atoms with Crippen LogP contribution in [0.1, 0.15) is 34.7 Å². The van der Waals surface area contributed by atoms with Crippen molar-refractivity contribution in [1.29, 1.82) is 0 Å². The lowest BCUT2D eigenvalue weighted by molar-refractivity contribution is -0.138. The Bertz CT molecular complexity index is 824. The van der Waals surface area contributed by atoms with Crippen LogP contribution < -0.4 is 14.8 Å². The second kappa shape index (κ2) is 7.98. The lowest BCUT2D eigenvalue weighted by atomic mass is 9.89. The minimum Gasteiger partial charge on any atom is -0.493 e. The van der Waals surface area contributed by atoms with Crippen LogP contribution in [0.15, 0.2) is 30.3 Å². The number of methoxy groups -OCH3 is 2. The predicted molar refractivity (Wildman–Crippen MR) is 98.8 cm³/mol. The summed E-state index contributed by atoms with van der Waals surface area (Å²) in [4.78, 5) is 0. The minimum absolute atomic E-state index is 0.0615. The van der Waals surface area contributed by atoms with Crippen LogP contribution in [0.2, 0.25) is 5.02 Å². The third-order valence-electron chi connectivity index (χ3n) is 4.88. The first-order valence-corrected chi connectivity index (χ1v) is 9.05. The third kappa shape index (κ3) is 4.33. The number of ether oxygens (including phenoxy) is 2. The van der Waals surface area contributed by atoms with Gasteiger partial charge in [0, 0.05) is 11.1 Å². The number of aryl methyl sites for hydroxylation is 1. The van der Waals surface area contributed by atoms with Gasteiger partial charge in [-0.05, 0) is 72.8 Å². The summed E-state index contributed by atoms with van der Waals surface area (Å²) in [6.07, 6.45) is -2.78. The zero-order valence-electron chi connectivity index (χ0n) is 15.1. The summed E-state index contributed by atoms with van der Waals surface area (Å²) < 4.78 is 50.6. The van der Waals surface area contributed by atoms with Crippen LogP contribution in [-0.4, -0.2) is 20.8 Å². The molecule has 2 aromatic rings. The number of hydrogen-bond donors (Lipinski definition) is 1. The molecule has 0 unspecified atom stereocenters. The molecule has 0 spiro atoms. The van der Waals surface area contributed by atoms with Gasteiger partial charge < -0.3 is 14.8 Å². The van der Waals surface area contributed by atoms with Gasteiger partial charge in [-0.15, -0.1) is 0 Å². The Labute approximate surface area is 161 Å². The topological polar surface area (TPSA) is 30.5 Å². The molecular weight excluding hydrogens is 379 g/mol. The maximum atomic E-state index is 13.3. The fourth-order valence-electron chi connectivity index (χ4n) is 3.57. The third-order valence-corrected chi connectivity index (χ3v) is 5.12. The largest absolute Gasteiger partial charge is 0.493 e. The van der Waals surface area contributed by atoms with E-state index in [9.17, 15) is 13.2 Å². The molecule has 0 saturated carbocycles. The molecule has 1 aliphatic heterocycles. The first kappa shape index (κ1) is 19.8. The summed E-state index contributed by atoms with van der Waals surface area (Å²) in [5.74, 6) is 1.27. The van der Waals surface area contributed by atoms with E-state index < -0.39 is 11.7 Å². The summed E-state index contributed by atoms with van der Waals surface area (Å²) in [5, 5.41) is 3.70. The molecule has 27 heavy (non-hydrogen) atoms. The number of benzene rings is 2. The van der Waals surface area contributed by atoms with Crippen molar-refractivity contribution in [3.05, 3.63) is 57.6 Å². The van der Waals surface area contributed by atoms with E-state index in [1.54, 1.807) is 14.2 Å². The van der Waals surface area contributed by atoms with Gasteiger partial charge in [0.1, 0.15) is 0 Å².